The van der Waals surface area contributed by atoms with Gasteiger partial charge in [-0.2, -0.15) is 0 Å². The molecule has 0 aromatic carbocycles. The van der Waals surface area contributed by atoms with Gasteiger partial charge in [0.25, 0.3) is 5.91 Å². The highest BCUT2D eigenvalue weighted by atomic mass is 16.1. The van der Waals surface area contributed by atoms with Gasteiger partial charge in [0.05, 0.1) is 0 Å². The summed E-state index contributed by atoms with van der Waals surface area (Å²) in [4.78, 5) is 14.0. The molecule has 2 N–H and O–H groups in total. The average Bonchev–Trinajstić information content (AvgIpc) is 1.87. The smallest absolute Gasteiger partial charge is 0.265 e. The minimum Gasteiger partial charge on any atom is -0.354 e. The van der Waals surface area contributed by atoms with E-state index in [4.69, 9.17) is 5.41 Å². The predicted molar refractivity (Wildman–Crippen MR) is 36.0 cm³/mol. The van der Waals surface area contributed by atoms with Crippen molar-refractivity contribution in [2.24, 2.45) is 4.99 Å². The minimum absolute atomic E-state index is 0.251. The Balaban J connectivity index is 4.01. The third-order valence-electron chi connectivity index (χ3n) is 0.814. The van der Waals surface area contributed by atoms with Gasteiger partial charge in [-0.1, -0.05) is 0 Å². The second kappa shape index (κ2) is 3.77. The summed E-state index contributed by atoms with van der Waals surface area (Å²) in [5.74, 6) is -0.251. The summed E-state index contributed by atoms with van der Waals surface area (Å²) in [6.07, 6.45) is 0.838. The van der Waals surface area contributed by atoms with Crippen LogP contribution in [-0.2, 0) is 4.79 Å². The Labute approximate surface area is 53.5 Å². The Bertz CT molecular complexity index is 150. The van der Waals surface area contributed by atoms with Gasteiger partial charge in [0, 0.05) is 7.05 Å². The van der Waals surface area contributed by atoms with Crippen LogP contribution in [0.4, 0.5) is 0 Å². The lowest BCUT2D eigenvalue weighted by molar-refractivity contribution is -0.114. The summed E-state index contributed by atoms with van der Waals surface area (Å²) in [5.41, 5.74) is 0.299. The SMILES string of the molecule is CNC(=O)C(C)=NC=N. The maximum atomic E-state index is 10.6. The molecule has 0 aromatic heterocycles. The van der Waals surface area contributed by atoms with Crippen molar-refractivity contribution in [3.05, 3.63) is 0 Å². The lowest BCUT2D eigenvalue weighted by Crippen LogP contribution is -2.25. The molecule has 0 aromatic rings. The van der Waals surface area contributed by atoms with E-state index in [1.807, 2.05) is 0 Å². The normalized spacial score (nSPS) is 10.7. The lowest BCUT2D eigenvalue weighted by atomic mass is 10.4. The molecule has 1 amide bonds. The van der Waals surface area contributed by atoms with E-state index in [1.165, 1.54) is 7.05 Å². The zero-order chi connectivity index (χ0) is 7.28. The molecule has 50 valence electrons. The zero-order valence-electron chi connectivity index (χ0n) is 5.43. The molecule has 4 nitrogen and oxygen atoms in total. The highest BCUT2D eigenvalue weighted by molar-refractivity contribution is 6.38. The molecule has 0 atom stereocenters. The Hall–Kier alpha value is -1.19. The number of aliphatic imine (C=N–C) groups is 1. The van der Waals surface area contributed by atoms with Crippen molar-refractivity contribution in [3.63, 3.8) is 0 Å². The van der Waals surface area contributed by atoms with E-state index in [0.29, 0.717) is 5.71 Å². The molecule has 9 heavy (non-hydrogen) atoms. The van der Waals surface area contributed by atoms with Crippen LogP contribution in [0.25, 0.3) is 0 Å². The molecule has 0 spiro atoms. The molecule has 0 saturated carbocycles. The van der Waals surface area contributed by atoms with Crippen molar-refractivity contribution < 1.29 is 4.79 Å². The van der Waals surface area contributed by atoms with Gasteiger partial charge in [0.1, 0.15) is 12.1 Å². The van der Waals surface area contributed by atoms with E-state index in [1.54, 1.807) is 6.92 Å². The minimum atomic E-state index is -0.251. The molecule has 0 unspecified atom stereocenters. The van der Waals surface area contributed by atoms with Gasteiger partial charge in [-0.15, -0.1) is 0 Å². The number of nitrogens with zero attached hydrogens (tertiary/aromatic N) is 1. The van der Waals surface area contributed by atoms with Crippen molar-refractivity contribution in [1.82, 2.24) is 5.32 Å². The van der Waals surface area contributed by atoms with Gasteiger partial charge >= 0.3 is 0 Å². The summed E-state index contributed by atoms with van der Waals surface area (Å²) >= 11 is 0. The third-order valence-corrected chi connectivity index (χ3v) is 0.814. The second-order valence-electron chi connectivity index (χ2n) is 1.42. The van der Waals surface area contributed by atoms with Gasteiger partial charge in [0.15, 0.2) is 0 Å². The summed E-state index contributed by atoms with van der Waals surface area (Å²) in [7, 11) is 1.52. The van der Waals surface area contributed by atoms with E-state index in [-0.39, 0.29) is 5.91 Å². The summed E-state index contributed by atoms with van der Waals surface area (Å²) in [6.45, 7) is 1.55. The van der Waals surface area contributed by atoms with E-state index in [0.717, 1.165) is 6.34 Å². The van der Waals surface area contributed by atoms with Gasteiger partial charge < -0.3 is 5.32 Å². The molecule has 0 bridgehead atoms. The molecule has 0 aliphatic carbocycles. The van der Waals surface area contributed by atoms with Gasteiger partial charge in [-0.25, -0.2) is 4.99 Å². The molecule has 0 rings (SSSR count). The van der Waals surface area contributed by atoms with Crippen molar-refractivity contribution in [2.75, 3.05) is 7.05 Å². The van der Waals surface area contributed by atoms with Crippen LogP contribution in [0.1, 0.15) is 6.92 Å². The first-order valence-electron chi connectivity index (χ1n) is 2.47. The zero-order valence-corrected chi connectivity index (χ0v) is 5.43. The van der Waals surface area contributed by atoms with Crippen LogP contribution in [0.15, 0.2) is 4.99 Å². The van der Waals surface area contributed by atoms with E-state index in [2.05, 4.69) is 10.3 Å². The number of hydrogen-bond donors (Lipinski definition) is 2. The monoisotopic (exact) mass is 127 g/mol. The first-order valence-corrected chi connectivity index (χ1v) is 2.47. The Morgan fingerprint density at radius 2 is 2.33 bits per heavy atom. The standard InChI is InChI=1S/C5H9N3O/c1-4(8-3-6)5(9)7-2/h3,6H,1-2H3,(H,7,9). The van der Waals surface area contributed by atoms with E-state index in [9.17, 15) is 4.79 Å². The molecule has 0 saturated heterocycles. The van der Waals surface area contributed by atoms with Crippen LogP contribution >= 0.6 is 0 Å². The number of carbonyl (C=O) groups excluding carboxylic acids is 1. The molecule has 0 heterocycles. The van der Waals surface area contributed by atoms with Crippen LogP contribution in [-0.4, -0.2) is 25.0 Å². The van der Waals surface area contributed by atoms with Crippen LogP contribution in [0.5, 0.6) is 0 Å². The number of nitrogens with one attached hydrogen (secondary N) is 2. The highest BCUT2D eigenvalue weighted by Gasteiger charge is 1.98. The largest absolute Gasteiger partial charge is 0.354 e. The van der Waals surface area contributed by atoms with Crippen molar-refractivity contribution >= 4 is 18.0 Å². The first kappa shape index (κ1) is 7.81. The quantitative estimate of drug-likeness (QED) is 0.391. The Kier molecular flexibility index (Phi) is 3.27. The molecule has 4 heteroatoms. The fourth-order valence-electron chi connectivity index (χ4n) is 0.336. The molecule has 0 aliphatic heterocycles. The first-order chi connectivity index (χ1) is 4.22. The molecular formula is C5H9N3O. The second-order valence-corrected chi connectivity index (χ2v) is 1.42. The van der Waals surface area contributed by atoms with Gasteiger partial charge in [-0.05, 0) is 6.92 Å². The average molecular weight is 127 g/mol. The van der Waals surface area contributed by atoms with Crippen LogP contribution in [0, 0.1) is 5.41 Å². The summed E-state index contributed by atoms with van der Waals surface area (Å²) < 4.78 is 0. The van der Waals surface area contributed by atoms with E-state index >= 15 is 0 Å². The van der Waals surface area contributed by atoms with Crippen molar-refractivity contribution in [3.8, 4) is 0 Å². The summed E-state index contributed by atoms with van der Waals surface area (Å²) in [6, 6.07) is 0. The predicted octanol–water partition coefficient (Wildman–Crippen LogP) is -0.200. The molecule has 0 fully saturated rings. The van der Waals surface area contributed by atoms with Gasteiger partial charge in [-0.3, -0.25) is 10.2 Å². The Morgan fingerprint density at radius 3 is 2.67 bits per heavy atom. The summed E-state index contributed by atoms with van der Waals surface area (Å²) in [5, 5.41) is 8.89. The fraction of sp³-hybridized carbons (Fsp3) is 0.400. The number of rotatable bonds is 2. The molecule has 0 radical (unpaired) electrons. The van der Waals surface area contributed by atoms with Crippen LogP contribution in [0.2, 0.25) is 0 Å². The Morgan fingerprint density at radius 1 is 1.78 bits per heavy atom. The topological polar surface area (TPSA) is 65.3 Å². The maximum absolute atomic E-state index is 10.6. The highest BCUT2D eigenvalue weighted by Crippen LogP contribution is 1.72. The third kappa shape index (κ3) is 2.58. The number of hydrogen-bond acceptors (Lipinski definition) is 2. The number of carbonyl (C=O) groups is 1. The molecule has 0 aliphatic rings. The van der Waals surface area contributed by atoms with Crippen LogP contribution < -0.4 is 5.32 Å². The van der Waals surface area contributed by atoms with Crippen molar-refractivity contribution in [2.45, 2.75) is 6.92 Å². The van der Waals surface area contributed by atoms with Crippen molar-refractivity contribution in [1.29, 1.82) is 5.41 Å². The molecular weight excluding hydrogens is 118 g/mol. The van der Waals surface area contributed by atoms with Gasteiger partial charge in [0.2, 0.25) is 0 Å². The van der Waals surface area contributed by atoms with E-state index < -0.39 is 0 Å². The fourth-order valence-corrected chi connectivity index (χ4v) is 0.336. The van der Waals surface area contributed by atoms with Crippen LogP contribution in [0.3, 0.4) is 0 Å². The lowest BCUT2D eigenvalue weighted by Gasteiger charge is -1.93. The number of amides is 1. The maximum Gasteiger partial charge on any atom is 0.265 e.